The maximum Gasteiger partial charge on any atom is 0.253 e. The summed E-state index contributed by atoms with van der Waals surface area (Å²) in [5, 5.41) is 7.56. The van der Waals surface area contributed by atoms with Gasteiger partial charge in [-0.25, -0.2) is 0 Å². The summed E-state index contributed by atoms with van der Waals surface area (Å²) < 4.78 is 6.23. The van der Waals surface area contributed by atoms with Crippen LogP contribution < -0.4 is 4.74 Å². The highest BCUT2D eigenvalue weighted by Crippen LogP contribution is 2.23. The van der Waals surface area contributed by atoms with Crippen molar-refractivity contribution in [2.45, 2.75) is 58.1 Å². The summed E-state index contributed by atoms with van der Waals surface area (Å²) in [6.07, 6.45) is 4.41. The molecule has 156 valence electrons. The number of carbonyl (C=O) groups is 1. The van der Waals surface area contributed by atoms with Crippen LogP contribution >= 0.6 is 0 Å². The van der Waals surface area contributed by atoms with Crippen LogP contribution in [0.2, 0.25) is 0 Å². The highest BCUT2D eigenvalue weighted by molar-refractivity contribution is 5.94. The van der Waals surface area contributed by atoms with Gasteiger partial charge in [-0.15, -0.1) is 0 Å². The molecule has 0 radical (unpaired) electrons. The van der Waals surface area contributed by atoms with E-state index in [1.807, 2.05) is 29.2 Å². The number of aromatic nitrogens is 2. The van der Waals surface area contributed by atoms with Crippen molar-refractivity contribution in [2.24, 2.45) is 0 Å². The fourth-order valence-corrected chi connectivity index (χ4v) is 4.18. The average molecular weight is 397 g/mol. The van der Waals surface area contributed by atoms with Crippen molar-refractivity contribution in [3.63, 3.8) is 0 Å². The number of nitrogens with zero attached hydrogens (tertiary/aromatic N) is 3. The zero-order valence-corrected chi connectivity index (χ0v) is 17.6. The van der Waals surface area contributed by atoms with E-state index < -0.39 is 0 Å². The molecule has 1 aromatic carbocycles. The van der Waals surface area contributed by atoms with Crippen molar-refractivity contribution < 1.29 is 9.53 Å². The molecule has 2 fully saturated rings. The van der Waals surface area contributed by atoms with Gasteiger partial charge < -0.3 is 9.64 Å². The Labute approximate surface area is 173 Å². The summed E-state index contributed by atoms with van der Waals surface area (Å²) in [6, 6.07) is 9.87. The van der Waals surface area contributed by atoms with Gasteiger partial charge in [0.1, 0.15) is 11.9 Å². The predicted octanol–water partition coefficient (Wildman–Crippen LogP) is 3.81. The molecule has 29 heavy (non-hydrogen) atoms. The Bertz CT molecular complexity index is 818. The first-order chi connectivity index (χ1) is 14.1. The Morgan fingerprint density at radius 2 is 1.93 bits per heavy atom. The molecule has 3 heterocycles. The number of benzene rings is 1. The summed E-state index contributed by atoms with van der Waals surface area (Å²) >= 11 is 0. The third-order valence-electron chi connectivity index (χ3n) is 5.95. The summed E-state index contributed by atoms with van der Waals surface area (Å²) in [5.74, 6) is 1.39. The minimum atomic E-state index is 0.128. The van der Waals surface area contributed by atoms with Crippen LogP contribution in [0.1, 0.15) is 67.2 Å². The van der Waals surface area contributed by atoms with Crippen molar-refractivity contribution in [3.05, 3.63) is 47.3 Å². The van der Waals surface area contributed by atoms with Crippen LogP contribution in [0.3, 0.4) is 0 Å². The van der Waals surface area contributed by atoms with Crippen LogP contribution in [-0.4, -0.2) is 58.2 Å². The second-order valence-corrected chi connectivity index (χ2v) is 8.59. The van der Waals surface area contributed by atoms with E-state index in [9.17, 15) is 4.79 Å². The van der Waals surface area contributed by atoms with Gasteiger partial charge >= 0.3 is 0 Å². The molecule has 0 unspecified atom stereocenters. The number of rotatable bonds is 6. The molecule has 1 aromatic heterocycles. The molecule has 2 aliphatic heterocycles. The van der Waals surface area contributed by atoms with Crippen LogP contribution in [0.5, 0.6) is 5.75 Å². The maximum atomic E-state index is 12.6. The number of hydrogen-bond acceptors (Lipinski definition) is 4. The number of nitrogens with one attached hydrogen (secondary N) is 1. The van der Waals surface area contributed by atoms with E-state index in [4.69, 9.17) is 4.74 Å². The molecule has 2 aromatic rings. The van der Waals surface area contributed by atoms with Gasteiger partial charge in [-0.3, -0.25) is 14.8 Å². The Balaban J connectivity index is 1.28. The molecule has 0 bridgehead atoms. The lowest BCUT2D eigenvalue weighted by atomic mass is 10.1. The summed E-state index contributed by atoms with van der Waals surface area (Å²) in [4.78, 5) is 17.0. The molecule has 0 aliphatic carbocycles. The second kappa shape index (κ2) is 8.99. The zero-order chi connectivity index (χ0) is 20.2. The van der Waals surface area contributed by atoms with Crippen LogP contribution in [0, 0.1) is 0 Å². The first kappa shape index (κ1) is 20.0. The normalized spacial score (nSPS) is 18.5. The Morgan fingerprint density at radius 1 is 1.17 bits per heavy atom. The summed E-state index contributed by atoms with van der Waals surface area (Å²) in [5.41, 5.74) is 3.05. The number of ether oxygens (including phenoxy) is 1. The first-order valence-corrected chi connectivity index (χ1v) is 10.9. The van der Waals surface area contributed by atoms with E-state index in [1.54, 1.807) is 0 Å². The van der Waals surface area contributed by atoms with E-state index in [-0.39, 0.29) is 12.0 Å². The zero-order valence-electron chi connectivity index (χ0n) is 17.6. The van der Waals surface area contributed by atoms with Crippen molar-refractivity contribution in [1.82, 2.24) is 20.0 Å². The predicted molar refractivity (Wildman–Crippen MR) is 113 cm³/mol. The molecule has 1 amide bonds. The van der Waals surface area contributed by atoms with Gasteiger partial charge in [-0.05, 0) is 55.9 Å². The van der Waals surface area contributed by atoms with Gasteiger partial charge in [0.25, 0.3) is 5.91 Å². The topological polar surface area (TPSA) is 61.5 Å². The highest BCUT2D eigenvalue weighted by atomic mass is 16.5. The van der Waals surface area contributed by atoms with Gasteiger partial charge in [0.05, 0.1) is 5.69 Å². The Kier molecular flexibility index (Phi) is 6.19. The van der Waals surface area contributed by atoms with Gasteiger partial charge in [0.15, 0.2) is 0 Å². The van der Waals surface area contributed by atoms with Gasteiger partial charge in [-0.1, -0.05) is 19.9 Å². The maximum absolute atomic E-state index is 12.6. The standard InChI is InChI=1S/C23H32N4O2/c1-17(2)22-15-19(24-25-22)16-26-12-8-20(9-13-26)29-21-7-5-6-18(14-21)23(28)27-10-3-4-11-27/h5-7,14-15,17,20H,3-4,8-13,16H2,1-2H3,(H,24,25). The molecule has 6 heteroatoms. The Hall–Kier alpha value is -2.34. The number of H-pyrrole nitrogens is 1. The average Bonchev–Trinajstić information content (AvgIpc) is 3.41. The van der Waals surface area contributed by atoms with Crippen LogP contribution in [0.25, 0.3) is 0 Å². The summed E-state index contributed by atoms with van der Waals surface area (Å²) in [7, 11) is 0. The molecule has 6 nitrogen and oxygen atoms in total. The Morgan fingerprint density at radius 3 is 2.62 bits per heavy atom. The van der Waals surface area contributed by atoms with E-state index in [1.165, 1.54) is 5.69 Å². The SMILES string of the molecule is CC(C)c1cc(CN2CCC(Oc3cccc(C(=O)N4CCCC4)c3)CC2)[nH]n1. The number of piperidine rings is 1. The van der Waals surface area contributed by atoms with Gasteiger partial charge in [0, 0.05) is 44.0 Å². The van der Waals surface area contributed by atoms with Gasteiger partial charge in [-0.2, -0.15) is 5.10 Å². The lowest BCUT2D eigenvalue weighted by molar-refractivity contribution is 0.0789. The van der Waals surface area contributed by atoms with Gasteiger partial charge in [0.2, 0.25) is 0 Å². The minimum Gasteiger partial charge on any atom is -0.490 e. The summed E-state index contributed by atoms with van der Waals surface area (Å²) in [6.45, 7) is 8.99. The molecular formula is C23H32N4O2. The highest BCUT2D eigenvalue weighted by Gasteiger charge is 2.23. The smallest absolute Gasteiger partial charge is 0.253 e. The lowest BCUT2D eigenvalue weighted by Crippen LogP contribution is -2.37. The second-order valence-electron chi connectivity index (χ2n) is 8.59. The van der Waals surface area contributed by atoms with Crippen LogP contribution in [0.15, 0.2) is 30.3 Å². The monoisotopic (exact) mass is 396 g/mol. The quantitative estimate of drug-likeness (QED) is 0.806. The van der Waals surface area contributed by atoms with E-state index in [2.05, 4.69) is 35.0 Å². The molecule has 4 rings (SSSR count). The number of carbonyl (C=O) groups excluding carboxylic acids is 1. The van der Waals surface area contributed by atoms with Crippen LogP contribution in [-0.2, 0) is 6.54 Å². The molecule has 2 saturated heterocycles. The third kappa shape index (κ3) is 4.99. The van der Waals surface area contributed by atoms with Crippen molar-refractivity contribution in [2.75, 3.05) is 26.2 Å². The van der Waals surface area contributed by atoms with E-state index in [0.29, 0.717) is 5.92 Å². The number of hydrogen-bond donors (Lipinski definition) is 1. The number of amides is 1. The fraction of sp³-hybridized carbons (Fsp3) is 0.565. The number of likely N-dealkylation sites (tertiary alicyclic amines) is 2. The molecule has 2 aliphatic rings. The molecule has 0 spiro atoms. The number of aromatic amines is 1. The molecule has 0 atom stereocenters. The van der Waals surface area contributed by atoms with E-state index >= 15 is 0 Å². The molecule has 1 N–H and O–H groups in total. The molecule has 0 saturated carbocycles. The minimum absolute atomic E-state index is 0.128. The van der Waals surface area contributed by atoms with Crippen molar-refractivity contribution >= 4 is 5.91 Å². The van der Waals surface area contributed by atoms with Crippen molar-refractivity contribution in [3.8, 4) is 5.75 Å². The van der Waals surface area contributed by atoms with E-state index in [0.717, 1.165) is 75.4 Å². The fourth-order valence-electron chi connectivity index (χ4n) is 4.18. The largest absolute Gasteiger partial charge is 0.490 e. The lowest BCUT2D eigenvalue weighted by Gasteiger charge is -2.31. The third-order valence-corrected chi connectivity index (χ3v) is 5.95. The first-order valence-electron chi connectivity index (χ1n) is 10.9. The molecular weight excluding hydrogens is 364 g/mol. The van der Waals surface area contributed by atoms with Crippen LogP contribution in [0.4, 0.5) is 0 Å². The van der Waals surface area contributed by atoms with Crippen molar-refractivity contribution in [1.29, 1.82) is 0 Å².